The SMILES string of the molecule is CCP(=O)(CC)c1nc(N)c2nc(Br)n(Cc3ccc(Cl)nc3)c2n1. The molecule has 10 heteroatoms. The summed E-state index contributed by atoms with van der Waals surface area (Å²) in [6.07, 6.45) is 2.67. The molecular weight excluding hydrogens is 427 g/mol. The maximum absolute atomic E-state index is 13.0. The summed E-state index contributed by atoms with van der Waals surface area (Å²) in [6, 6.07) is 3.60. The Kier molecular flexibility index (Phi) is 5.14. The number of anilines is 1. The van der Waals surface area contributed by atoms with Crippen molar-refractivity contribution in [2.75, 3.05) is 18.1 Å². The zero-order valence-electron chi connectivity index (χ0n) is 13.8. The number of pyridine rings is 1. The Bertz CT molecular complexity index is 966. The number of nitrogens with zero attached hydrogens (tertiary/aromatic N) is 5. The van der Waals surface area contributed by atoms with E-state index in [4.69, 9.17) is 17.3 Å². The van der Waals surface area contributed by atoms with E-state index in [2.05, 4.69) is 35.9 Å². The number of hydrogen-bond acceptors (Lipinski definition) is 6. The Hall–Kier alpha value is -1.50. The highest BCUT2D eigenvalue weighted by Crippen LogP contribution is 2.42. The fourth-order valence-electron chi connectivity index (χ4n) is 2.49. The van der Waals surface area contributed by atoms with E-state index in [1.54, 1.807) is 12.3 Å². The lowest BCUT2D eigenvalue weighted by atomic mass is 10.3. The second kappa shape index (κ2) is 7.02. The normalized spacial score (nSPS) is 12.0. The molecule has 0 fully saturated rings. The standard InChI is InChI=1S/C15H17BrClN6OP/c1-3-25(24,4-2)15-21-12(18)11-13(22-15)23(14(16)20-11)8-9-5-6-10(17)19-7-9/h5-7H,3-4,8H2,1-2H3,(H2,18,21,22). The van der Waals surface area contributed by atoms with Crippen molar-refractivity contribution in [2.45, 2.75) is 20.4 Å². The summed E-state index contributed by atoms with van der Waals surface area (Å²) < 4.78 is 15.4. The lowest BCUT2D eigenvalue weighted by Gasteiger charge is -2.13. The van der Waals surface area contributed by atoms with Gasteiger partial charge in [-0.05, 0) is 27.6 Å². The Labute approximate surface area is 158 Å². The minimum absolute atomic E-state index is 0.232. The maximum Gasteiger partial charge on any atom is 0.192 e. The third-order valence-corrected chi connectivity index (χ3v) is 7.88. The van der Waals surface area contributed by atoms with Crippen LogP contribution in [0.2, 0.25) is 5.15 Å². The molecule has 0 atom stereocenters. The first-order valence-corrected chi connectivity index (χ1v) is 11.0. The van der Waals surface area contributed by atoms with Crippen molar-refractivity contribution in [3.8, 4) is 0 Å². The number of fused-ring (bicyclic) bond motifs is 1. The van der Waals surface area contributed by atoms with Crippen LogP contribution < -0.4 is 11.3 Å². The van der Waals surface area contributed by atoms with E-state index in [9.17, 15) is 4.57 Å². The first-order valence-electron chi connectivity index (χ1n) is 7.76. The molecule has 0 aliphatic rings. The first kappa shape index (κ1) is 18.3. The van der Waals surface area contributed by atoms with Crippen LogP contribution in [0, 0.1) is 0 Å². The molecule has 0 aliphatic carbocycles. The van der Waals surface area contributed by atoms with Gasteiger partial charge in [0.2, 0.25) is 0 Å². The fraction of sp³-hybridized carbons (Fsp3) is 0.333. The van der Waals surface area contributed by atoms with E-state index in [0.29, 0.717) is 45.5 Å². The molecule has 3 aromatic heterocycles. The van der Waals surface area contributed by atoms with Gasteiger partial charge in [-0.2, -0.15) is 0 Å². The molecule has 2 N–H and O–H groups in total. The Morgan fingerprint density at radius 3 is 2.56 bits per heavy atom. The average molecular weight is 444 g/mol. The number of nitrogens with two attached hydrogens (primary N) is 1. The van der Waals surface area contributed by atoms with Gasteiger partial charge in [-0.1, -0.05) is 31.5 Å². The van der Waals surface area contributed by atoms with Gasteiger partial charge >= 0.3 is 0 Å². The summed E-state index contributed by atoms with van der Waals surface area (Å²) >= 11 is 9.27. The monoisotopic (exact) mass is 442 g/mol. The molecule has 0 aromatic carbocycles. The predicted molar refractivity (Wildman–Crippen MR) is 104 cm³/mol. The van der Waals surface area contributed by atoms with Crippen molar-refractivity contribution in [3.63, 3.8) is 0 Å². The van der Waals surface area contributed by atoms with E-state index >= 15 is 0 Å². The number of aromatic nitrogens is 5. The van der Waals surface area contributed by atoms with Gasteiger partial charge in [0.05, 0.1) is 6.54 Å². The Morgan fingerprint density at radius 2 is 1.96 bits per heavy atom. The van der Waals surface area contributed by atoms with E-state index in [1.807, 2.05) is 24.5 Å². The van der Waals surface area contributed by atoms with Gasteiger partial charge in [0.25, 0.3) is 0 Å². The largest absolute Gasteiger partial charge is 0.382 e. The van der Waals surface area contributed by atoms with Crippen LogP contribution in [-0.2, 0) is 11.1 Å². The van der Waals surface area contributed by atoms with E-state index in [-0.39, 0.29) is 5.82 Å². The molecule has 0 unspecified atom stereocenters. The average Bonchev–Trinajstić information content (AvgIpc) is 2.92. The number of nitrogen functional groups attached to an aromatic ring is 1. The minimum Gasteiger partial charge on any atom is -0.382 e. The van der Waals surface area contributed by atoms with Crippen LogP contribution in [0.15, 0.2) is 23.1 Å². The van der Waals surface area contributed by atoms with Crippen molar-refractivity contribution in [2.24, 2.45) is 0 Å². The Morgan fingerprint density at radius 1 is 1.24 bits per heavy atom. The molecule has 25 heavy (non-hydrogen) atoms. The molecule has 0 aliphatic heterocycles. The van der Waals surface area contributed by atoms with Crippen molar-refractivity contribution in [1.29, 1.82) is 0 Å². The number of halogens is 2. The van der Waals surface area contributed by atoms with Crippen LogP contribution in [0.1, 0.15) is 19.4 Å². The van der Waals surface area contributed by atoms with E-state index in [1.165, 1.54) is 0 Å². The Balaban J connectivity index is 2.15. The smallest absolute Gasteiger partial charge is 0.192 e. The predicted octanol–water partition coefficient (Wildman–Crippen LogP) is 3.30. The van der Waals surface area contributed by atoms with E-state index in [0.717, 1.165) is 5.56 Å². The van der Waals surface area contributed by atoms with Gasteiger partial charge in [-0.15, -0.1) is 0 Å². The van der Waals surface area contributed by atoms with Gasteiger partial charge < -0.3 is 10.3 Å². The molecule has 0 amide bonds. The first-order chi connectivity index (χ1) is 11.9. The van der Waals surface area contributed by atoms with Gasteiger partial charge in [0.1, 0.15) is 5.15 Å². The van der Waals surface area contributed by atoms with Gasteiger partial charge in [0, 0.05) is 18.5 Å². The summed E-state index contributed by atoms with van der Waals surface area (Å²) in [6.45, 7) is 4.22. The van der Waals surface area contributed by atoms with Crippen LogP contribution in [0.4, 0.5) is 5.82 Å². The van der Waals surface area contributed by atoms with Crippen molar-refractivity contribution >= 4 is 57.2 Å². The molecular formula is C15H17BrClN6OP. The maximum atomic E-state index is 13.0. The topological polar surface area (TPSA) is 99.6 Å². The third kappa shape index (κ3) is 3.43. The number of rotatable bonds is 5. The number of imidazole rings is 1. The zero-order valence-corrected chi connectivity index (χ0v) is 17.0. The molecule has 3 rings (SSSR count). The molecule has 0 spiro atoms. The lowest BCUT2D eigenvalue weighted by Crippen LogP contribution is -2.20. The highest BCUT2D eigenvalue weighted by atomic mass is 79.9. The van der Waals surface area contributed by atoms with Crippen LogP contribution in [0.5, 0.6) is 0 Å². The summed E-state index contributed by atoms with van der Waals surface area (Å²) in [5, 5.41) is 0.430. The molecule has 3 aromatic rings. The second-order valence-electron chi connectivity index (χ2n) is 5.56. The molecule has 0 saturated carbocycles. The quantitative estimate of drug-likeness (QED) is 0.369. The molecule has 3 heterocycles. The van der Waals surface area contributed by atoms with Crippen molar-refractivity contribution < 1.29 is 4.57 Å². The fourth-order valence-corrected chi connectivity index (χ4v) is 4.66. The van der Waals surface area contributed by atoms with Crippen LogP contribution in [0.25, 0.3) is 11.2 Å². The van der Waals surface area contributed by atoms with Crippen molar-refractivity contribution in [1.82, 2.24) is 24.5 Å². The number of hydrogen-bond donors (Lipinski definition) is 1. The van der Waals surface area contributed by atoms with Gasteiger partial charge in [-0.25, -0.2) is 19.9 Å². The zero-order chi connectivity index (χ0) is 18.2. The summed E-state index contributed by atoms with van der Waals surface area (Å²) in [5.41, 5.74) is 8.33. The highest BCUT2D eigenvalue weighted by molar-refractivity contribution is 9.10. The van der Waals surface area contributed by atoms with Crippen LogP contribution >= 0.6 is 34.7 Å². The van der Waals surface area contributed by atoms with Crippen LogP contribution in [0.3, 0.4) is 0 Å². The summed E-state index contributed by atoms with van der Waals surface area (Å²) in [7, 11) is -2.65. The highest BCUT2D eigenvalue weighted by Gasteiger charge is 2.26. The minimum atomic E-state index is -2.65. The molecule has 132 valence electrons. The molecule has 0 radical (unpaired) electrons. The van der Waals surface area contributed by atoms with Gasteiger partial charge in [-0.3, -0.25) is 4.57 Å². The van der Waals surface area contributed by atoms with Crippen molar-refractivity contribution in [3.05, 3.63) is 33.8 Å². The van der Waals surface area contributed by atoms with E-state index < -0.39 is 7.14 Å². The van der Waals surface area contributed by atoms with Gasteiger partial charge in [0.15, 0.2) is 34.4 Å². The summed E-state index contributed by atoms with van der Waals surface area (Å²) in [4.78, 5) is 17.3. The summed E-state index contributed by atoms with van der Waals surface area (Å²) in [5.74, 6) is 0.232. The second-order valence-corrected chi connectivity index (χ2v) is 10.1. The third-order valence-electron chi connectivity index (χ3n) is 4.08. The lowest BCUT2D eigenvalue weighted by molar-refractivity contribution is 0.581. The molecule has 7 nitrogen and oxygen atoms in total. The molecule has 0 saturated heterocycles. The van der Waals surface area contributed by atoms with Crippen LogP contribution in [-0.4, -0.2) is 36.8 Å². The molecule has 0 bridgehead atoms.